The maximum absolute atomic E-state index is 13.7. The number of carbonyl (C=O) groups is 2. The molecule has 1 unspecified atom stereocenters. The number of benzene rings is 2. The molecule has 1 aromatic heterocycles. The molecule has 1 aliphatic rings. The van der Waals surface area contributed by atoms with E-state index < -0.39 is 30.4 Å². The van der Waals surface area contributed by atoms with E-state index in [1.807, 2.05) is 36.6 Å². The Morgan fingerprint density at radius 1 is 1.11 bits per heavy atom. The van der Waals surface area contributed by atoms with Crippen LogP contribution in [0.5, 0.6) is 0 Å². The van der Waals surface area contributed by atoms with Gasteiger partial charge in [-0.3, -0.25) is 9.59 Å². The lowest BCUT2D eigenvalue weighted by Gasteiger charge is -2.19. The maximum Gasteiger partial charge on any atom is 0.305 e. The lowest BCUT2D eigenvalue weighted by atomic mass is 10.0. The van der Waals surface area contributed by atoms with Crippen LogP contribution >= 0.6 is 0 Å². The molecule has 4 N–H and O–H groups in total. The highest BCUT2D eigenvalue weighted by Crippen LogP contribution is 2.33. The molecule has 9 heteroatoms. The number of rotatable bonds is 11. The van der Waals surface area contributed by atoms with Gasteiger partial charge in [0.05, 0.1) is 30.4 Å². The van der Waals surface area contributed by atoms with E-state index in [1.54, 1.807) is 12.1 Å². The standard InChI is InChI=1S/C29H34FN3O5/c1-17(2)27-26(29(38)31-24-12-9-18-5-3-4-6-23(18)24)32-28(19-7-10-20(30)11-8-19)33(27)14-13-21(34)15-22(35)16-25(36)37/h3-8,10-11,17,21-22,24,34-35H,9,12-16H2,1-2H3,(H,31,38)(H,36,37)/t21-,22-,24?/m1/s1. The van der Waals surface area contributed by atoms with Crippen LogP contribution in [-0.4, -0.2) is 49.0 Å². The van der Waals surface area contributed by atoms with Crippen molar-refractivity contribution in [1.29, 1.82) is 0 Å². The zero-order valence-corrected chi connectivity index (χ0v) is 21.6. The molecule has 0 bridgehead atoms. The van der Waals surface area contributed by atoms with E-state index in [9.17, 15) is 24.2 Å². The highest BCUT2D eigenvalue weighted by atomic mass is 19.1. The molecule has 0 saturated heterocycles. The first-order valence-electron chi connectivity index (χ1n) is 13.0. The number of hydrogen-bond donors (Lipinski definition) is 4. The van der Waals surface area contributed by atoms with Gasteiger partial charge in [0.2, 0.25) is 0 Å². The quantitative estimate of drug-likeness (QED) is 0.299. The number of aryl methyl sites for hydroxylation is 1. The molecule has 1 amide bonds. The third kappa shape index (κ3) is 6.28. The van der Waals surface area contributed by atoms with E-state index in [0.29, 0.717) is 17.1 Å². The van der Waals surface area contributed by atoms with Gasteiger partial charge in [0.25, 0.3) is 5.91 Å². The molecule has 3 atom stereocenters. The van der Waals surface area contributed by atoms with Crippen LogP contribution in [0.15, 0.2) is 48.5 Å². The number of amides is 1. The van der Waals surface area contributed by atoms with Crippen molar-refractivity contribution in [3.05, 3.63) is 76.9 Å². The fourth-order valence-corrected chi connectivity index (χ4v) is 5.19. The SMILES string of the molecule is CC(C)c1c(C(=O)NC2CCc3ccccc32)nc(-c2ccc(F)cc2)n1CC[C@@H](O)C[C@@H](O)CC(=O)O. The van der Waals surface area contributed by atoms with E-state index in [0.717, 1.165) is 18.4 Å². The number of aromatic nitrogens is 2. The van der Waals surface area contributed by atoms with E-state index in [4.69, 9.17) is 10.1 Å². The van der Waals surface area contributed by atoms with Gasteiger partial charge in [0, 0.05) is 12.1 Å². The van der Waals surface area contributed by atoms with Gasteiger partial charge in [0.15, 0.2) is 0 Å². The second kappa shape index (κ2) is 11.9. The molecule has 0 saturated carbocycles. The number of carboxylic acid groups (broad SMARTS) is 1. The van der Waals surface area contributed by atoms with Crippen molar-refractivity contribution in [1.82, 2.24) is 14.9 Å². The number of nitrogens with one attached hydrogen (secondary N) is 1. The summed E-state index contributed by atoms with van der Waals surface area (Å²) < 4.78 is 15.5. The molecule has 8 nitrogen and oxygen atoms in total. The Balaban J connectivity index is 1.64. The van der Waals surface area contributed by atoms with Crippen LogP contribution in [0.1, 0.15) is 78.8 Å². The van der Waals surface area contributed by atoms with Gasteiger partial charge in [-0.05, 0) is 67.0 Å². The number of aliphatic hydroxyl groups excluding tert-OH is 2. The number of aliphatic hydroxyl groups is 2. The number of hydrogen-bond acceptors (Lipinski definition) is 5. The smallest absolute Gasteiger partial charge is 0.305 e. The molecule has 0 fully saturated rings. The number of imidazole rings is 1. The summed E-state index contributed by atoms with van der Waals surface area (Å²) in [5.74, 6) is -1.45. The minimum absolute atomic E-state index is 0.0850. The summed E-state index contributed by atoms with van der Waals surface area (Å²) in [6.45, 7) is 4.18. The van der Waals surface area contributed by atoms with Crippen LogP contribution in [0.25, 0.3) is 11.4 Å². The first kappa shape index (κ1) is 27.5. The number of carboxylic acids is 1. The molecular formula is C29H34FN3O5. The molecule has 1 heterocycles. The molecule has 0 aliphatic heterocycles. The third-order valence-corrected chi connectivity index (χ3v) is 6.95. The molecular weight excluding hydrogens is 489 g/mol. The van der Waals surface area contributed by atoms with Crippen LogP contribution in [0.3, 0.4) is 0 Å². The van der Waals surface area contributed by atoms with Gasteiger partial charge in [0.1, 0.15) is 17.3 Å². The van der Waals surface area contributed by atoms with Crippen LogP contribution < -0.4 is 5.32 Å². The van der Waals surface area contributed by atoms with Crippen molar-refractivity contribution in [2.45, 2.75) is 76.7 Å². The average Bonchev–Trinajstić information content (AvgIpc) is 3.44. The molecule has 3 aromatic rings. The predicted octanol–water partition coefficient (Wildman–Crippen LogP) is 4.21. The summed E-state index contributed by atoms with van der Waals surface area (Å²) in [6, 6.07) is 13.8. The van der Waals surface area contributed by atoms with Gasteiger partial charge < -0.3 is 25.2 Å². The Kier molecular flexibility index (Phi) is 8.58. The monoisotopic (exact) mass is 523 g/mol. The Bertz CT molecular complexity index is 1290. The van der Waals surface area contributed by atoms with E-state index in [1.165, 1.54) is 17.7 Å². The van der Waals surface area contributed by atoms with Gasteiger partial charge in [-0.2, -0.15) is 0 Å². The third-order valence-electron chi connectivity index (χ3n) is 6.95. The summed E-state index contributed by atoms with van der Waals surface area (Å²) in [5, 5.41) is 32.4. The van der Waals surface area contributed by atoms with Crippen LogP contribution in [-0.2, 0) is 17.8 Å². The summed E-state index contributed by atoms with van der Waals surface area (Å²) in [5.41, 5.74) is 3.92. The number of fused-ring (bicyclic) bond motifs is 1. The summed E-state index contributed by atoms with van der Waals surface area (Å²) >= 11 is 0. The molecule has 2 aromatic carbocycles. The van der Waals surface area contributed by atoms with Crippen molar-refractivity contribution in [3.8, 4) is 11.4 Å². The molecule has 1 aliphatic carbocycles. The van der Waals surface area contributed by atoms with Crippen LogP contribution in [0.2, 0.25) is 0 Å². The van der Waals surface area contributed by atoms with Gasteiger partial charge in [-0.1, -0.05) is 38.1 Å². The lowest BCUT2D eigenvalue weighted by molar-refractivity contribution is -0.139. The Morgan fingerprint density at radius 3 is 2.50 bits per heavy atom. The van der Waals surface area contributed by atoms with Crippen LogP contribution in [0, 0.1) is 5.82 Å². The summed E-state index contributed by atoms with van der Waals surface area (Å²) in [4.78, 5) is 29.2. The fraction of sp³-hybridized carbons (Fsp3) is 0.414. The Morgan fingerprint density at radius 2 is 1.82 bits per heavy atom. The van der Waals surface area contributed by atoms with Gasteiger partial charge >= 0.3 is 5.97 Å². The lowest BCUT2D eigenvalue weighted by Crippen LogP contribution is -2.29. The zero-order chi connectivity index (χ0) is 27.4. The number of aliphatic carboxylic acids is 1. The summed E-state index contributed by atoms with van der Waals surface area (Å²) in [7, 11) is 0. The van der Waals surface area contributed by atoms with E-state index in [-0.39, 0.29) is 42.9 Å². The van der Waals surface area contributed by atoms with Crippen molar-refractivity contribution < 1.29 is 29.3 Å². The molecule has 0 spiro atoms. The minimum Gasteiger partial charge on any atom is -0.481 e. The van der Waals surface area contributed by atoms with Crippen molar-refractivity contribution in [3.63, 3.8) is 0 Å². The Labute approximate surface area is 221 Å². The maximum atomic E-state index is 13.7. The first-order valence-corrected chi connectivity index (χ1v) is 13.0. The van der Waals surface area contributed by atoms with Crippen molar-refractivity contribution in [2.24, 2.45) is 0 Å². The number of halogens is 1. The van der Waals surface area contributed by atoms with Gasteiger partial charge in [-0.25, -0.2) is 9.37 Å². The molecule has 202 valence electrons. The highest BCUT2D eigenvalue weighted by molar-refractivity contribution is 5.95. The second-order valence-corrected chi connectivity index (χ2v) is 10.2. The second-order valence-electron chi connectivity index (χ2n) is 10.2. The Hall–Kier alpha value is -3.56. The van der Waals surface area contributed by atoms with Gasteiger partial charge in [-0.15, -0.1) is 0 Å². The number of carbonyl (C=O) groups excluding carboxylic acids is 1. The predicted molar refractivity (Wildman–Crippen MR) is 140 cm³/mol. The fourth-order valence-electron chi connectivity index (χ4n) is 5.19. The average molecular weight is 524 g/mol. The number of nitrogens with zero attached hydrogens (tertiary/aromatic N) is 2. The molecule has 4 rings (SSSR count). The highest BCUT2D eigenvalue weighted by Gasteiger charge is 2.29. The zero-order valence-electron chi connectivity index (χ0n) is 21.6. The van der Waals surface area contributed by atoms with E-state index in [2.05, 4.69) is 11.4 Å². The van der Waals surface area contributed by atoms with Crippen LogP contribution in [0.4, 0.5) is 4.39 Å². The minimum atomic E-state index is -1.16. The van der Waals surface area contributed by atoms with E-state index >= 15 is 0 Å². The molecule has 38 heavy (non-hydrogen) atoms. The first-order chi connectivity index (χ1) is 18.1. The topological polar surface area (TPSA) is 125 Å². The largest absolute Gasteiger partial charge is 0.481 e. The van der Waals surface area contributed by atoms with Crippen molar-refractivity contribution in [2.75, 3.05) is 0 Å². The van der Waals surface area contributed by atoms with Crippen molar-refractivity contribution >= 4 is 11.9 Å². The normalized spacial score (nSPS) is 16.3. The molecule has 0 radical (unpaired) electrons. The summed E-state index contributed by atoms with van der Waals surface area (Å²) in [6.07, 6.45) is -0.759.